The zero-order valence-corrected chi connectivity index (χ0v) is 16.5. The molecule has 31 heavy (non-hydrogen) atoms. The number of sulfone groups is 1. The minimum absolute atomic E-state index is 0.133. The fourth-order valence-corrected chi connectivity index (χ4v) is 3.51. The molecule has 0 N–H and O–H groups in total. The van der Waals surface area contributed by atoms with Crippen LogP contribution in [0.25, 0.3) is 17.2 Å². The highest BCUT2D eigenvalue weighted by Gasteiger charge is 2.31. The molecule has 0 fully saturated rings. The van der Waals surface area contributed by atoms with Crippen LogP contribution < -0.4 is 0 Å². The summed E-state index contributed by atoms with van der Waals surface area (Å²) in [5, 5.41) is 7.33. The number of rotatable bonds is 7. The molecule has 0 aliphatic heterocycles. The van der Waals surface area contributed by atoms with E-state index in [1.807, 2.05) is 0 Å². The van der Waals surface area contributed by atoms with E-state index in [-0.39, 0.29) is 33.4 Å². The predicted octanol–water partition coefficient (Wildman–Crippen LogP) is 3.22. The van der Waals surface area contributed by atoms with Crippen LogP contribution in [0, 0.1) is 0 Å². The van der Waals surface area contributed by atoms with Crippen LogP contribution in [0.5, 0.6) is 0 Å². The summed E-state index contributed by atoms with van der Waals surface area (Å²) < 4.78 is 89.0. The lowest BCUT2D eigenvalue weighted by molar-refractivity contribution is -0.137. The van der Waals surface area contributed by atoms with Crippen molar-refractivity contribution < 1.29 is 35.2 Å². The fourth-order valence-electron chi connectivity index (χ4n) is 2.45. The minimum Gasteiger partial charge on any atom is -0.390 e. The number of hydrogen-bond acceptors (Lipinski definition) is 7. The van der Waals surface area contributed by atoms with Crippen molar-refractivity contribution in [2.45, 2.75) is 24.4 Å². The quantitative estimate of drug-likeness (QED) is 0.303. The molecule has 3 aromatic heterocycles. The highest BCUT2D eigenvalue weighted by molar-refractivity contribution is 7.91. The van der Waals surface area contributed by atoms with Gasteiger partial charge in [-0.25, -0.2) is 26.7 Å². The SMILES string of the molecule is CCS(=O)(=O)c1cc(/C=N/OCC(F)F)cnc1-c1nc2cc(C(F)(F)F)ccn2n1. The van der Waals surface area contributed by atoms with Crippen LogP contribution in [0.15, 0.2) is 40.6 Å². The maximum Gasteiger partial charge on any atom is 0.416 e. The fraction of sp³-hybridized carbons (Fsp3) is 0.294. The highest BCUT2D eigenvalue weighted by atomic mass is 32.2. The van der Waals surface area contributed by atoms with Gasteiger partial charge in [0, 0.05) is 18.0 Å². The van der Waals surface area contributed by atoms with E-state index >= 15 is 0 Å². The van der Waals surface area contributed by atoms with Gasteiger partial charge in [0.25, 0.3) is 6.43 Å². The second kappa shape index (κ2) is 8.53. The highest BCUT2D eigenvalue weighted by Crippen LogP contribution is 2.30. The van der Waals surface area contributed by atoms with E-state index in [2.05, 4.69) is 25.1 Å². The molecule has 166 valence electrons. The Balaban J connectivity index is 2.05. The third-order valence-corrected chi connectivity index (χ3v) is 5.68. The van der Waals surface area contributed by atoms with Crippen molar-refractivity contribution in [1.29, 1.82) is 0 Å². The molecule has 0 saturated heterocycles. The van der Waals surface area contributed by atoms with Gasteiger partial charge >= 0.3 is 6.18 Å². The summed E-state index contributed by atoms with van der Waals surface area (Å²) in [6.07, 6.45) is -4.10. The molecule has 0 amide bonds. The van der Waals surface area contributed by atoms with Gasteiger partial charge in [0.2, 0.25) is 5.82 Å². The Morgan fingerprint density at radius 3 is 2.68 bits per heavy atom. The predicted molar refractivity (Wildman–Crippen MR) is 98.5 cm³/mol. The van der Waals surface area contributed by atoms with Crippen LogP contribution in [0.4, 0.5) is 22.0 Å². The zero-order valence-electron chi connectivity index (χ0n) is 15.7. The van der Waals surface area contributed by atoms with E-state index in [4.69, 9.17) is 0 Å². The number of nitrogens with zero attached hydrogens (tertiary/aromatic N) is 5. The molecule has 0 radical (unpaired) electrons. The van der Waals surface area contributed by atoms with Crippen molar-refractivity contribution in [3.8, 4) is 11.5 Å². The van der Waals surface area contributed by atoms with Crippen molar-refractivity contribution >= 4 is 21.7 Å². The van der Waals surface area contributed by atoms with E-state index in [1.54, 1.807) is 0 Å². The molecule has 3 rings (SSSR count). The maximum absolute atomic E-state index is 12.9. The Morgan fingerprint density at radius 2 is 2.03 bits per heavy atom. The molecule has 0 spiro atoms. The number of fused-ring (bicyclic) bond motifs is 1. The lowest BCUT2D eigenvalue weighted by Gasteiger charge is -2.07. The molecule has 0 atom stereocenters. The molecular formula is C17H14F5N5O3S. The Morgan fingerprint density at radius 1 is 1.29 bits per heavy atom. The van der Waals surface area contributed by atoms with Crippen molar-refractivity contribution in [3.63, 3.8) is 0 Å². The van der Waals surface area contributed by atoms with Gasteiger partial charge < -0.3 is 4.84 Å². The third kappa shape index (κ3) is 5.13. The number of oxime groups is 1. The summed E-state index contributed by atoms with van der Waals surface area (Å²) in [4.78, 5) is 12.1. The Kier molecular flexibility index (Phi) is 6.20. The van der Waals surface area contributed by atoms with Gasteiger partial charge in [-0.1, -0.05) is 12.1 Å². The molecular weight excluding hydrogens is 449 g/mol. The van der Waals surface area contributed by atoms with Gasteiger partial charge in [0.15, 0.2) is 22.1 Å². The molecule has 14 heteroatoms. The average Bonchev–Trinajstić information content (AvgIpc) is 3.13. The van der Waals surface area contributed by atoms with Crippen molar-refractivity contribution in [1.82, 2.24) is 19.6 Å². The Bertz CT molecular complexity index is 1220. The number of pyridine rings is 2. The summed E-state index contributed by atoms with van der Waals surface area (Å²) in [6, 6.07) is 2.75. The number of halogens is 5. The number of alkyl halides is 5. The first kappa shape index (κ1) is 22.5. The van der Waals surface area contributed by atoms with Gasteiger partial charge in [-0.3, -0.25) is 4.98 Å². The van der Waals surface area contributed by atoms with Gasteiger partial charge in [-0.2, -0.15) is 13.2 Å². The van der Waals surface area contributed by atoms with Gasteiger partial charge in [0.05, 0.1) is 22.4 Å². The smallest absolute Gasteiger partial charge is 0.390 e. The standard InChI is InChI=1S/C17H14F5N5O3S/c1-2-31(28,29)12-5-10(8-24-30-9-13(18)19)7-23-15(12)16-25-14-6-11(17(20,21)22)3-4-27(14)26-16/h3-8,13H,2,9H2,1H3/b24-8+. The topological polar surface area (TPSA) is 98.8 Å². The summed E-state index contributed by atoms with van der Waals surface area (Å²) in [5.41, 5.74) is -1.14. The van der Waals surface area contributed by atoms with Gasteiger partial charge in [-0.05, 0) is 18.2 Å². The van der Waals surface area contributed by atoms with E-state index < -0.39 is 34.6 Å². The normalized spacial score (nSPS) is 12.9. The summed E-state index contributed by atoms with van der Waals surface area (Å²) in [5.74, 6) is -0.515. The second-order valence-electron chi connectivity index (χ2n) is 6.09. The van der Waals surface area contributed by atoms with Crippen LogP contribution in [0.3, 0.4) is 0 Å². The molecule has 0 aliphatic rings. The van der Waals surface area contributed by atoms with Gasteiger partial charge in [-0.15, -0.1) is 5.10 Å². The lowest BCUT2D eigenvalue weighted by Crippen LogP contribution is -2.08. The first-order valence-electron chi connectivity index (χ1n) is 8.61. The van der Waals surface area contributed by atoms with Crippen LogP contribution in [0.2, 0.25) is 0 Å². The van der Waals surface area contributed by atoms with Crippen LogP contribution in [0.1, 0.15) is 18.1 Å². The van der Waals surface area contributed by atoms with E-state index in [0.29, 0.717) is 0 Å². The molecule has 3 heterocycles. The van der Waals surface area contributed by atoms with E-state index in [9.17, 15) is 30.4 Å². The minimum atomic E-state index is -4.59. The lowest BCUT2D eigenvalue weighted by atomic mass is 10.2. The number of hydrogen-bond donors (Lipinski definition) is 0. The van der Waals surface area contributed by atoms with Crippen molar-refractivity contribution in [3.05, 3.63) is 41.7 Å². The largest absolute Gasteiger partial charge is 0.416 e. The van der Waals surface area contributed by atoms with Crippen LogP contribution in [-0.2, 0) is 20.9 Å². The molecule has 8 nitrogen and oxygen atoms in total. The van der Waals surface area contributed by atoms with Crippen LogP contribution >= 0.6 is 0 Å². The monoisotopic (exact) mass is 463 g/mol. The first-order valence-corrected chi connectivity index (χ1v) is 10.3. The summed E-state index contributed by atoms with van der Waals surface area (Å²) in [6.45, 7) is 0.450. The molecule has 0 saturated carbocycles. The number of aromatic nitrogens is 4. The van der Waals surface area contributed by atoms with E-state index in [0.717, 1.165) is 29.1 Å². The molecule has 0 aliphatic carbocycles. The summed E-state index contributed by atoms with van der Waals surface area (Å²) in [7, 11) is -3.87. The molecule has 0 aromatic carbocycles. The first-order chi connectivity index (χ1) is 14.5. The maximum atomic E-state index is 12.9. The molecule has 3 aromatic rings. The third-order valence-electron chi connectivity index (χ3n) is 3.94. The van der Waals surface area contributed by atoms with Crippen LogP contribution in [-0.4, -0.2) is 53.0 Å². The second-order valence-corrected chi connectivity index (χ2v) is 8.34. The van der Waals surface area contributed by atoms with Crippen molar-refractivity contribution in [2.24, 2.45) is 5.16 Å². The Hall–Kier alpha value is -3.16. The Labute approximate surface area is 172 Å². The summed E-state index contributed by atoms with van der Waals surface area (Å²) >= 11 is 0. The van der Waals surface area contributed by atoms with Crippen molar-refractivity contribution in [2.75, 3.05) is 12.4 Å². The zero-order chi connectivity index (χ0) is 22.8. The van der Waals surface area contributed by atoms with Gasteiger partial charge in [0.1, 0.15) is 5.69 Å². The molecule has 0 bridgehead atoms. The van der Waals surface area contributed by atoms with E-state index in [1.165, 1.54) is 19.2 Å². The molecule has 0 unspecified atom stereocenters. The average molecular weight is 463 g/mol.